The molecule has 0 heterocycles. The van der Waals surface area contributed by atoms with Crippen LogP contribution in [0.5, 0.6) is 5.75 Å². The van der Waals surface area contributed by atoms with Crippen LogP contribution in [0.15, 0.2) is 54.6 Å². The molecule has 142 valence electrons. The second kappa shape index (κ2) is 9.07. The Hall–Kier alpha value is -3.02. The van der Waals surface area contributed by atoms with Gasteiger partial charge in [0.1, 0.15) is 5.75 Å². The van der Waals surface area contributed by atoms with Gasteiger partial charge in [-0.2, -0.15) is 0 Å². The lowest BCUT2D eigenvalue weighted by Gasteiger charge is -2.13. The molecular weight excluding hydrogens is 344 g/mol. The Kier molecular flexibility index (Phi) is 6.30. The van der Waals surface area contributed by atoms with Crippen LogP contribution in [0.4, 0.5) is 11.4 Å². The van der Waals surface area contributed by atoms with Gasteiger partial charge in [-0.25, -0.2) is 4.79 Å². The van der Waals surface area contributed by atoms with Gasteiger partial charge in [0.2, 0.25) is 0 Å². The molecule has 1 amide bonds. The zero-order valence-corrected chi connectivity index (χ0v) is 15.3. The van der Waals surface area contributed by atoms with Crippen molar-refractivity contribution in [3.05, 3.63) is 54.6 Å². The predicted octanol–water partition coefficient (Wildman–Crippen LogP) is 3.27. The number of carbonyl (C=O) groups is 2. The number of amides is 1. The number of hydrogen-bond acceptors (Lipinski definition) is 5. The first-order valence-electron chi connectivity index (χ1n) is 9.10. The summed E-state index contributed by atoms with van der Waals surface area (Å²) in [6.07, 6.45) is 2.30. The molecule has 1 aliphatic rings. The first-order valence-corrected chi connectivity index (χ1v) is 9.10. The Morgan fingerprint density at radius 2 is 1.67 bits per heavy atom. The molecular formula is C21H24N2O4. The van der Waals surface area contributed by atoms with Crippen LogP contribution in [-0.4, -0.2) is 31.1 Å². The molecule has 0 radical (unpaired) electrons. The van der Waals surface area contributed by atoms with Crippen LogP contribution >= 0.6 is 0 Å². The van der Waals surface area contributed by atoms with E-state index in [2.05, 4.69) is 10.6 Å². The summed E-state index contributed by atoms with van der Waals surface area (Å²) >= 11 is 0. The summed E-state index contributed by atoms with van der Waals surface area (Å²) in [4.78, 5) is 23.4. The molecule has 0 saturated heterocycles. The molecule has 6 heteroatoms. The third kappa shape index (κ3) is 6.33. The topological polar surface area (TPSA) is 76.7 Å². The van der Waals surface area contributed by atoms with Crippen molar-refractivity contribution >= 4 is 23.3 Å². The van der Waals surface area contributed by atoms with Crippen molar-refractivity contribution < 1.29 is 19.1 Å². The first kappa shape index (κ1) is 18.8. The average Bonchev–Trinajstić information content (AvgIpc) is 3.52. The maximum atomic E-state index is 11.7. The fraction of sp³-hybridized carbons (Fsp3) is 0.333. The van der Waals surface area contributed by atoms with Gasteiger partial charge in [0.05, 0.1) is 0 Å². The minimum Gasteiger partial charge on any atom is -0.482 e. The van der Waals surface area contributed by atoms with Crippen molar-refractivity contribution in [2.24, 2.45) is 5.92 Å². The van der Waals surface area contributed by atoms with Gasteiger partial charge < -0.3 is 20.1 Å². The number of rotatable bonds is 9. The minimum absolute atomic E-state index is 0.135. The highest BCUT2D eigenvalue weighted by atomic mass is 16.6. The Morgan fingerprint density at radius 1 is 1.00 bits per heavy atom. The summed E-state index contributed by atoms with van der Waals surface area (Å²) in [5.41, 5.74) is 1.90. The zero-order valence-electron chi connectivity index (χ0n) is 15.3. The van der Waals surface area contributed by atoms with Crippen LogP contribution in [0.1, 0.15) is 19.8 Å². The van der Waals surface area contributed by atoms with Gasteiger partial charge in [0.15, 0.2) is 13.2 Å². The number of hydrogen-bond donors (Lipinski definition) is 2. The molecule has 2 aromatic rings. The lowest BCUT2D eigenvalue weighted by molar-refractivity contribution is -0.150. The number of benzene rings is 2. The Bertz CT molecular complexity index is 758. The Morgan fingerprint density at radius 3 is 2.33 bits per heavy atom. The molecule has 0 spiro atoms. The van der Waals surface area contributed by atoms with Crippen molar-refractivity contribution in [2.45, 2.75) is 25.8 Å². The molecule has 6 nitrogen and oxygen atoms in total. The molecule has 0 bridgehead atoms. The van der Waals surface area contributed by atoms with E-state index in [1.165, 1.54) is 0 Å². The molecule has 2 N–H and O–H groups in total. The van der Waals surface area contributed by atoms with Crippen LogP contribution in [0.3, 0.4) is 0 Å². The molecule has 0 unspecified atom stereocenters. The van der Waals surface area contributed by atoms with Gasteiger partial charge in [-0.3, -0.25) is 4.79 Å². The van der Waals surface area contributed by atoms with Crippen molar-refractivity contribution in [1.82, 2.24) is 5.32 Å². The number of para-hydroxylation sites is 1. The van der Waals surface area contributed by atoms with Gasteiger partial charge in [-0.15, -0.1) is 0 Å². The predicted molar refractivity (Wildman–Crippen MR) is 103 cm³/mol. The minimum atomic E-state index is -0.573. The molecule has 1 aliphatic carbocycles. The molecule has 3 rings (SSSR count). The molecule has 1 saturated carbocycles. The number of esters is 1. The van der Waals surface area contributed by atoms with E-state index in [0.29, 0.717) is 11.7 Å². The lowest BCUT2D eigenvalue weighted by Crippen LogP contribution is -2.37. The first-order chi connectivity index (χ1) is 13.1. The summed E-state index contributed by atoms with van der Waals surface area (Å²) in [5, 5.41) is 6.10. The largest absolute Gasteiger partial charge is 0.482 e. The molecule has 27 heavy (non-hydrogen) atoms. The van der Waals surface area contributed by atoms with E-state index in [0.717, 1.165) is 24.2 Å². The summed E-state index contributed by atoms with van der Waals surface area (Å²) in [5.74, 6) is 0.263. The second-order valence-electron chi connectivity index (χ2n) is 6.66. The number of anilines is 2. The van der Waals surface area contributed by atoms with Gasteiger partial charge in [0, 0.05) is 17.4 Å². The molecule has 1 atom stereocenters. The van der Waals surface area contributed by atoms with Crippen LogP contribution in [0, 0.1) is 5.92 Å². The second-order valence-corrected chi connectivity index (χ2v) is 6.66. The third-order valence-corrected chi connectivity index (χ3v) is 4.36. The normalized spacial score (nSPS) is 14.1. The lowest BCUT2D eigenvalue weighted by atomic mass is 10.2. The standard InChI is InChI=1S/C21H24N2O4/c1-15(16-7-8-16)22-20(24)13-27-21(25)14-26-19-11-9-18(10-12-19)23-17-5-3-2-4-6-17/h2-6,9-12,15-16,23H,7-8,13-14H2,1H3,(H,22,24)/t15-/m0/s1. The van der Waals surface area contributed by atoms with Gasteiger partial charge >= 0.3 is 5.97 Å². The fourth-order valence-corrected chi connectivity index (χ4v) is 2.66. The number of ether oxygens (including phenoxy) is 2. The number of nitrogens with one attached hydrogen (secondary N) is 2. The monoisotopic (exact) mass is 368 g/mol. The summed E-state index contributed by atoms with van der Waals surface area (Å²) in [6.45, 7) is 1.45. The maximum absolute atomic E-state index is 11.7. The summed E-state index contributed by atoms with van der Waals surface area (Å²) < 4.78 is 10.3. The van der Waals surface area contributed by atoms with E-state index in [1.807, 2.05) is 49.4 Å². The highest BCUT2D eigenvalue weighted by Crippen LogP contribution is 2.32. The van der Waals surface area contributed by atoms with Gasteiger partial charge in [-0.1, -0.05) is 18.2 Å². The van der Waals surface area contributed by atoms with E-state index in [4.69, 9.17) is 9.47 Å². The van der Waals surface area contributed by atoms with Crippen LogP contribution in [0.25, 0.3) is 0 Å². The molecule has 0 aliphatic heterocycles. The summed E-state index contributed by atoms with van der Waals surface area (Å²) in [7, 11) is 0. The van der Waals surface area contributed by atoms with Crippen LogP contribution < -0.4 is 15.4 Å². The SMILES string of the molecule is C[C@H](NC(=O)COC(=O)COc1ccc(Nc2ccccc2)cc1)C1CC1. The van der Waals surface area contributed by atoms with Crippen molar-refractivity contribution in [1.29, 1.82) is 0 Å². The van der Waals surface area contributed by atoms with Crippen LogP contribution in [0.2, 0.25) is 0 Å². The van der Waals surface area contributed by atoms with E-state index >= 15 is 0 Å². The smallest absolute Gasteiger partial charge is 0.344 e. The third-order valence-electron chi connectivity index (χ3n) is 4.36. The average molecular weight is 368 g/mol. The van der Waals surface area contributed by atoms with Crippen molar-refractivity contribution in [3.63, 3.8) is 0 Å². The molecule has 1 fully saturated rings. The Labute approximate surface area is 158 Å². The molecule has 0 aromatic heterocycles. The fourth-order valence-electron chi connectivity index (χ4n) is 2.66. The van der Waals surface area contributed by atoms with E-state index in [-0.39, 0.29) is 25.2 Å². The van der Waals surface area contributed by atoms with E-state index < -0.39 is 5.97 Å². The van der Waals surface area contributed by atoms with Crippen LogP contribution in [-0.2, 0) is 14.3 Å². The van der Waals surface area contributed by atoms with Gasteiger partial charge in [-0.05, 0) is 62.1 Å². The zero-order chi connectivity index (χ0) is 19.1. The Balaban J connectivity index is 1.36. The quantitative estimate of drug-likeness (QED) is 0.665. The highest BCUT2D eigenvalue weighted by Gasteiger charge is 2.28. The van der Waals surface area contributed by atoms with E-state index in [1.54, 1.807) is 12.1 Å². The van der Waals surface area contributed by atoms with E-state index in [9.17, 15) is 9.59 Å². The van der Waals surface area contributed by atoms with Crippen molar-refractivity contribution in [3.8, 4) is 5.75 Å². The highest BCUT2D eigenvalue weighted by molar-refractivity contribution is 5.81. The van der Waals surface area contributed by atoms with Gasteiger partial charge in [0.25, 0.3) is 5.91 Å². The van der Waals surface area contributed by atoms with Crippen molar-refractivity contribution in [2.75, 3.05) is 18.5 Å². The maximum Gasteiger partial charge on any atom is 0.344 e. The summed E-state index contributed by atoms with van der Waals surface area (Å²) in [6, 6.07) is 17.2. The molecule has 2 aromatic carbocycles. The number of carbonyl (C=O) groups excluding carboxylic acids is 2.